The van der Waals surface area contributed by atoms with Crippen LogP contribution in [0, 0.1) is 0 Å². The van der Waals surface area contributed by atoms with E-state index in [0.29, 0.717) is 6.42 Å². The molecule has 0 saturated heterocycles. The van der Waals surface area contributed by atoms with E-state index in [-0.39, 0.29) is 30.2 Å². The van der Waals surface area contributed by atoms with Gasteiger partial charge in [-0.15, -0.1) is 0 Å². The van der Waals surface area contributed by atoms with Gasteiger partial charge in [-0.05, 0) is 30.4 Å². The van der Waals surface area contributed by atoms with Gasteiger partial charge in [0.2, 0.25) is 10.0 Å². The van der Waals surface area contributed by atoms with E-state index < -0.39 is 16.0 Å². The van der Waals surface area contributed by atoms with Crippen molar-refractivity contribution in [3.05, 3.63) is 65.2 Å². The summed E-state index contributed by atoms with van der Waals surface area (Å²) < 4.78 is 34.4. The summed E-state index contributed by atoms with van der Waals surface area (Å²) in [6.07, 6.45) is 1.88. The van der Waals surface area contributed by atoms with Gasteiger partial charge in [-0.3, -0.25) is 4.79 Å². The molecule has 1 aliphatic heterocycles. The van der Waals surface area contributed by atoms with E-state index in [1.807, 2.05) is 36.4 Å². The predicted octanol–water partition coefficient (Wildman–Crippen LogP) is 2.83. The molecular weight excluding hydrogens is 378 g/mol. The molecule has 7 heteroatoms. The number of para-hydroxylation sites is 1. The number of aliphatic carboxylic acids is 1. The Balaban J connectivity index is 1.52. The molecule has 0 amide bonds. The van der Waals surface area contributed by atoms with Crippen LogP contribution in [-0.4, -0.2) is 31.6 Å². The molecule has 3 unspecified atom stereocenters. The lowest BCUT2D eigenvalue weighted by molar-refractivity contribution is -0.136. The highest BCUT2D eigenvalue weighted by Gasteiger charge is 2.46. The van der Waals surface area contributed by atoms with Gasteiger partial charge in [-0.25, -0.2) is 13.1 Å². The second-order valence-electron chi connectivity index (χ2n) is 7.46. The van der Waals surface area contributed by atoms with Crippen LogP contribution >= 0.6 is 0 Å². The Morgan fingerprint density at radius 1 is 1.11 bits per heavy atom. The monoisotopic (exact) mass is 401 g/mol. The average Bonchev–Trinajstić information content (AvgIpc) is 3.20. The van der Waals surface area contributed by atoms with E-state index in [9.17, 15) is 13.2 Å². The molecule has 1 fully saturated rings. The molecule has 1 saturated carbocycles. The standard InChI is InChI=1S/C21H23NO5S/c23-19(24)12-9-15-7-4-8-16-20-17(10-11-18(20)27-21(15)16)22-28(25,26)13-14-5-2-1-3-6-14/h1-8,17-18,20,22H,9-13H2,(H,23,24). The highest BCUT2D eigenvalue weighted by Crippen LogP contribution is 2.48. The summed E-state index contributed by atoms with van der Waals surface area (Å²) in [5.74, 6) is -0.188. The van der Waals surface area contributed by atoms with Crippen molar-refractivity contribution in [2.75, 3.05) is 0 Å². The van der Waals surface area contributed by atoms with Crippen LogP contribution in [0.1, 0.15) is 41.9 Å². The Labute approximate surface area is 164 Å². The minimum Gasteiger partial charge on any atom is -0.489 e. The molecule has 2 aliphatic rings. The lowest BCUT2D eigenvalue weighted by Crippen LogP contribution is -2.38. The van der Waals surface area contributed by atoms with Gasteiger partial charge in [0.1, 0.15) is 11.9 Å². The predicted molar refractivity (Wildman–Crippen MR) is 105 cm³/mol. The third-order valence-electron chi connectivity index (χ3n) is 5.49. The van der Waals surface area contributed by atoms with Crippen molar-refractivity contribution < 1.29 is 23.1 Å². The van der Waals surface area contributed by atoms with E-state index >= 15 is 0 Å². The molecule has 3 atom stereocenters. The van der Waals surface area contributed by atoms with Crippen LogP contribution in [0.4, 0.5) is 0 Å². The molecule has 2 N–H and O–H groups in total. The lowest BCUT2D eigenvalue weighted by atomic mass is 9.92. The topological polar surface area (TPSA) is 92.7 Å². The summed E-state index contributed by atoms with van der Waals surface area (Å²) in [7, 11) is -3.47. The number of aryl methyl sites for hydroxylation is 1. The van der Waals surface area contributed by atoms with Gasteiger partial charge in [-0.1, -0.05) is 48.5 Å². The Hall–Kier alpha value is -2.38. The van der Waals surface area contributed by atoms with E-state index in [1.54, 1.807) is 12.1 Å². The van der Waals surface area contributed by atoms with Crippen molar-refractivity contribution in [3.8, 4) is 5.75 Å². The number of ether oxygens (including phenoxy) is 1. The number of hydrogen-bond donors (Lipinski definition) is 2. The zero-order chi connectivity index (χ0) is 19.7. The zero-order valence-corrected chi connectivity index (χ0v) is 16.2. The molecule has 148 valence electrons. The fourth-order valence-electron chi connectivity index (χ4n) is 4.31. The quantitative estimate of drug-likeness (QED) is 0.744. The van der Waals surface area contributed by atoms with Crippen molar-refractivity contribution >= 4 is 16.0 Å². The molecule has 1 heterocycles. The number of carbonyl (C=O) groups is 1. The molecule has 0 aromatic heterocycles. The van der Waals surface area contributed by atoms with Gasteiger partial charge >= 0.3 is 5.97 Å². The van der Waals surface area contributed by atoms with Gasteiger partial charge in [-0.2, -0.15) is 0 Å². The molecule has 4 rings (SSSR count). The van der Waals surface area contributed by atoms with Crippen LogP contribution in [-0.2, 0) is 27.0 Å². The number of hydrogen-bond acceptors (Lipinski definition) is 4. The van der Waals surface area contributed by atoms with Crippen LogP contribution in [0.5, 0.6) is 5.75 Å². The molecule has 6 nitrogen and oxygen atoms in total. The molecule has 1 aliphatic carbocycles. The second-order valence-corrected chi connectivity index (χ2v) is 9.21. The molecule has 0 bridgehead atoms. The number of sulfonamides is 1. The van der Waals surface area contributed by atoms with Gasteiger partial charge in [0.15, 0.2) is 0 Å². The summed E-state index contributed by atoms with van der Waals surface area (Å²) in [5.41, 5.74) is 2.61. The van der Waals surface area contributed by atoms with Crippen molar-refractivity contribution in [1.82, 2.24) is 4.72 Å². The van der Waals surface area contributed by atoms with Crippen molar-refractivity contribution in [2.24, 2.45) is 0 Å². The number of rotatable bonds is 7. The zero-order valence-electron chi connectivity index (χ0n) is 15.4. The van der Waals surface area contributed by atoms with Crippen molar-refractivity contribution in [2.45, 2.75) is 49.5 Å². The molecule has 0 radical (unpaired) electrons. The molecule has 2 aromatic rings. The van der Waals surface area contributed by atoms with Gasteiger partial charge < -0.3 is 9.84 Å². The van der Waals surface area contributed by atoms with E-state index in [4.69, 9.17) is 9.84 Å². The summed E-state index contributed by atoms with van der Waals surface area (Å²) in [6, 6.07) is 14.7. The maximum atomic E-state index is 12.7. The minimum atomic E-state index is -3.47. The van der Waals surface area contributed by atoms with Crippen molar-refractivity contribution in [1.29, 1.82) is 0 Å². The SMILES string of the molecule is O=C(O)CCc1cccc2c1OC1CCC(NS(=O)(=O)Cc3ccccc3)C21. The number of nitrogens with one attached hydrogen (secondary N) is 1. The largest absolute Gasteiger partial charge is 0.489 e. The summed E-state index contributed by atoms with van der Waals surface area (Å²) >= 11 is 0. The first-order valence-electron chi connectivity index (χ1n) is 9.47. The Morgan fingerprint density at radius 3 is 2.64 bits per heavy atom. The molecule has 2 aromatic carbocycles. The van der Waals surface area contributed by atoms with Gasteiger partial charge in [0.25, 0.3) is 0 Å². The van der Waals surface area contributed by atoms with Gasteiger partial charge in [0.05, 0.1) is 5.75 Å². The first kappa shape index (κ1) is 19.0. The summed E-state index contributed by atoms with van der Waals surface area (Å²) in [5, 5.41) is 8.96. The fraction of sp³-hybridized carbons (Fsp3) is 0.381. The maximum Gasteiger partial charge on any atom is 0.303 e. The summed E-state index contributed by atoms with van der Waals surface area (Å²) in [4.78, 5) is 10.9. The third kappa shape index (κ3) is 3.91. The first-order valence-corrected chi connectivity index (χ1v) is 11.1. The first-order chi connectivity index (χ1) is 13.4. The minimum absolute atomic E-state index is 0.0367. The average molecular weight is 401 g/mol. The van der Waals surface area contributed by atoms with Crippen LogP contribution in [0.25, 0.3) is 0 Å². The highest BCUT2D eigenvalue weighted by molar-refractivity contribution is 7.88. The van der Waals surface area contributed by atoms with Crippen LogP contribution in [0.2, 0.25) is 0 Å². The molecule has 28 heavy (non-hydrogen) atoms. The Bertz CT molecular complexity index is 974. The van der Waals surface area contributed by atoms with Crippen molar-refractivity contribution in [3.63, 3.8) is 0 Å². The van der Waals surface area contributed by atoms with E-state index in [2.05, 4.69) is 4.72 Å². The third-order valence-corrected chi connectivity index (χ3v) is 6.87. The highest BCUT2D eigenvalue weighted by atomic mass is 32.2. The van der Waals surface area contributed by atoms with E-state index in [1.165, 1.54) is 0 Å². The Morgan fingerprint density at radius 2 is 1.89 bits per heavy atom. The van der Waals surface area contributed by atoms with Gasteiger partial charge in [0, 0.05) is 23.9 Å². The second kappa shape index (κ2) is 7.56. The van der Waals surface area contributed by atoms with E-state index in [0.717, 1.165) is 35.3 Å². The van der Waals surface area contributed by atoms with Crippen LogP contribution in [0.15, 0.2) is 48.5 Å². The fourth-order valence-corrected chi connectivity index (χ4v) is 5.75. The smallest absolute Gasteiger partial charge is 0.303 e. The summed E-state index contributed by atoms with van der Waals surface area (Å²) in [6.45, 7) is 0. The van der Waals surface area contributed by atoms with Crippen LogP contribution in [0.3, 0.4) is 0 Å². The maximum absolute atomic E-state index is 12.7. The number of carboxylic acid groups (broad SMARTS) is 1. The normalized spacial score (nSPS) is 23.1. The Kier molecular flexibility index (Phi) is 5.12. The number of fused-ring (bicyclic) bond motifs is 3. The number of carboxylic acids is 1. The van der Waals surface area contributed by atoms with Crippen LogP contribution < -0.4 is 9.46 Å². The lowest BCUT2D eigenvalue weighted by Gasteiger charge is -2.19. The number of benzene rings is 2. The molecular formula is C21H23NO5S. The molecule has 0 spiro atoms.